The molecule has 3 heterocycles. The van der Waals surface area contributed by atoms with Crippen LogP contribution in [0.25, 0.3) is 0 Å². The maximum atomic E-state index is 13.7. The summed E-state index contributed by atoms with van der Waals surface area (Å²) >= 11 is 18.7. The first-order valence-electron chi connectivity index (χ1n) is 43.9. The van der Waals surface area contributed by atoms with Gasteiger partial charge in [-0.3, -0.25) is 14.4 Å². The molecular formula is C90H147Cl3N12O12. The third-order valence-corrected chi connectivity index (χ3v) is 23.2. The van der Waals surface area contributed by atoms with Crippen LogP contribution in [0.3, 0.4) is 0 Å². The summed E-state index contributed by atoms with van der Waals surface area (Å²) in [5.41, 5.74) is 8.01. The normalized spacial score (nSPS) is 19.9. The summed E-state index contributed by atoms with van der Waals surface area (Å²) in [6, 6.07) is 22.7. The van der Waals surface area contributed by atoms with Gasteiger partial charge >= 0.3 is 24.2 Å². The van der Waals surface area contributed by atoms with E-state index in [4.69, 9.17) is 64.2 Å². The van der Waals surface area contributed by atoms with Gasteiger partial charge in [-0.1, -0.05) is 168 Å². The third-order valence-electron chi connectivity index (χ3n) is 22.5. The lowest BCUT2D eigenvalue weighted by atomic mass is 9.84. The van der Waals surface area contributed by atoms with E-state index >= 15 is 0 Å². The number of carbonyl (C=O) groups excluding carboxylic acids is 7. The third kappa shape index (κ3) is 39.0. The highest BCUT2D eigenvalue weighted by molar-refractivity contribution is 6.31. The van der Waals surface area contributed by atoms with Gasteiger partial charge in [-0.2, -0.15) is 0 Å². The summed E-state index contributed by atoms with van der Waals surface area (Å²) in [5, 5.41) is 23.5. The predicted octanol–water partition coefficient (Wildman–Crippen LogP) is 16.4. The van der Waals surface area contributed by atoms with Crippen molar-refractivity contribution in [2.45, 2.75) is 264 Å². The zero-order chi connectivity index (χ0) is 85.3. The van der Waals surface area contributed by atoms with Crippen LogP contribution < -0.4 is 43.0 Å². The maximum Gasteiger partial charge on any atom is 0.410 e. The number of nitrogens with two attached hydrogens (primary N) is 1. The average Bonchev–Trinajstić information content (AvgIpc) is 0.816. The zero-order valence-corrected chi connectivity index (χ0v) is 75.1. The van der Waals surface area contributed by atoms with Gasteiger partial charge in [-0.05, 0) is 205 Å². The van der Waals surface area contributed by atoms with Crippen LogP contribution in [0.2, 0.25) is 15.1 Å². The second kappa shape index (κ2) is 53.5. The van der Waals surface area contributed by atoms with Gasteiger partial charge < -0.3 is 86.2 Å². The molecule has 3 aromatic rings. The molecule has 9 rings (SSSR count). The number of piperidine rings is 3. The van der Waals surface area contributed by atoms with Gasteiger partial charge in [0.2, 0.25) is 17.7 Å². The van der Waals surface area contributed by atoms with Crippen molar-refractivity contribution in [1.82, 2.24) is 56.8 Å². The first-order valence-corrected chi connectivity index (χ1v) is 45.1. The molecule has 6 fully saturated rings. The lowest BCUT2D eigenvalue weighted by Gasteiger charge is -2.38. The van der Waals surface area contributed by atoms with Gasteiger partial charge in [-0.25, -0.2) is 19.2 Å². The van der Waals surface area contributed by atoms with E-state index in [0.29, 0.717) is 85.2 Å². The molecule has 0 bridgehead atoms. The molecule has 3 saturated carbocycles. The Hall–Kier alpha value is -6.22. The molecule has 9 N–H and O–H groups in total. The van der Waals surface area contributed by atoms with E-state index < -0.39 is 17.3 Å². The Bertz CT molecular complexity index is 3400. The number of likely N-dealkylation sites (tertiary alicyclic amines) is 2. The number of amides is 9. The highest BCUT2D eigenvalue weighted by Gasteiger charge is 2.37. The summed E-state index contributed by atoms with van der Waals surface area (Å²) in [6.07, 6.45) is 26.3. The first kappa shape index (κ1) is 99.6. The molecule has 3 aromatic carbocycles. The summed E-state index contributed by atoms with van der Waals surface area (Å²) in [6.45, 7) is 24.7. The Balaban J connectivity index is 0.000000255. The molecule has 0 spiro atoms. The molecule has 660 valence electrons. The Morgan fingerprint density at radius 3 is 1.21 bits per heavy atom. The van der Waals surface area contributed by atoms with E-state index in [2.05, 4.69) is 37.2 Å². The zero-order valence-electron chi connectivity index (χ0n) is 72.8. The Labute approximate surface area is 716 Å². The highest BCUT2D eigenvalue weighted by Crippen LogP contribution is 2.38. The Morgan fingerprint density at radius 1 is 0.487 bits per heavy atom. The van der Waals surface area contributed by atoms with Crippen molar-refractivity contribution in [3.05, 3.63) is 105 Å². The van der Waals surface area contributed by atoms with Crippen LogP contribution >= 0.6 is 34.8 Å². The van der Waals surface area contributed by atoms with Crippen LogP contribution in [-0.2, 0) is 38.1 Å². The topological polar surface area (TPSA) is 289 Å². The second-order valence-electron chi connectivity index (χ2n) is 35.1. The number of nitrogens with zero attached hydrogens (tertiary/aromatic N) is 4. The molecule has 3 aliphatic heterocycles. The van der Waals surface area contributed by atoms with Crippen molar-refractivity contribution in [2.24, 2.45) is 41.2 Å². The number of halogens is 3. The molecule has 117 heavy (non-hydrogen) atoms. The number of ether oxygens (including phenoxy) is 5. The number of rotatable bonds is 32. The minimum atomic E-state index is -0.588. The van der Waals surface area contributed by atoms with E-state index in [1.54, 1.807) is 23.9 Å². The van der Waals surface area contributed by atoms with Crippen molar-refractivity contribution in [3.63, 3.8) is 0 Å². The number of likely N-dealkylation sites (N-methyl/N-ethyl adjacent to an activating group) is 6. The van der Waals surface area contributed by atoms with E-state index in [9.17, 15) is 33.6 Å². The molecule has 24 nitrogen and oxygen atoms in total. The quantitative estimate of drug-likeness (QED) is 0.0288. The molecule has 3 saturated heterocycles. The van der Waals surface area contributed by atoms with Crippen molar-refractivity contribution >= 4 is 76.8 Å². The number of hydrogen-bond acceptors (Lipinski definition) is 15. The highest BCUT2D eigenvalue weighted by atomic mass is 35.5. The monoisotopic (exact) mass is 1690 g/mol. The van der Waals surface area contributed by atoms with E-state index in [1.807, 2.05) is 152 Å². The van der Waals surface area contributed by atoms with Gasteiger partial charge in [0.05, 0.1) is 18.3 Å². The molecule has 0 aromatic heterocycles. The first-order chi connectivity index (χ1) is 55.9. The van der Waals surface area contributed by atoms with Crippen LogP contribution in [-0.4, -0.2) is 210 Å². The molecule has 2 unspecified atom stereocenters. The fourth-order valence-corrected chi connectivity index (χ4v) is 17.7. The van der Waals surface area contributed by atoms with Gasteiger partial charge in [0.15, 0.2) is 0 Å². The molecule has 6 aliphatic rings. The number of carbonyl (C=O) groups is 7. The van der Waals surface area contributed by atoms with Crippen LogP contribution in [0.5, 0.6) is 0 Å². The fourth-order valence-electron chi connectivity index (χ4n) is 17.1. The molecule has 27 heteroatoms. The number of benzene rings is 3. The van der Waals surface area contributed by atoms with Crippen LogP contribution in [0, 0.1) is 35.5 Å². The van der Waals surface area contributed by atoms with Crippen molar-refractivity contribution in [1.29, 1.82) is 0 Å². The largest absolute Gasteiger partial charge is 0.444 e. The fraction of sp³-hybridized carbons (Fsp3) is 0.722. The minimum absolute atomic E-state index is 0.000621. The smallest absolute Gasteiger partial charge is 0.410 e. The number of nitrogens with one attached hydrogen (secondary N) is 7. The number of hydrogen-bond donors (Lipinski definition) is 8. The molecule has 9 atom stereocenters. The Kier molecular flexibility index (Phi) is 45.6. The van der Waals surface area contributed by atoms with E-state index in [-0.39, 0.29) is 104 Å². The van der Waals surface area contributed by atoms with E-state index in [1.165, 1.54) is 83.5 Å². The lowest BCUT2D eigenvalue weighted by molar-refractivity contribution is -0.130. The molecule has 3 aliphatic carbocycles. The molecule has 9 amide bonds. The van der Waals surface area contributed by atoms with Gasteiger partial charge in [0.1, 0.15) is 31.0 Å². The van der Waals surface area contributed by atoms with Crippen molar-refractivity contribution in [3.8, 4) is 0 Å². The average molecular weight is 1700 g/mol. The van der Waals surface area contributed by atoms with Crippen molar-refractivity contribution in [2.75, 3.05) is 120 Å². The SMILES string of the molecule is CCNC(=O)COC(c1cccc(Cl)c1)[C@@H]1CCCN(C(=O)N[C@@H](CC2CCCCC2)CN(C)C(=O)OC(C)(C)C)C1.CCNC(=O)COC(c1cccc(Cl)c1)[C@@H]1CCCNC1.CCNC(=O)CO[C@@H](c1cccc(Cl)c1)[C@@H]1CCCN(C(=O)N[C@H](CNC)CC2CCCCC2)C1.CN(C[C@@H](N)CC1CCCCC1)C(=O)OC(C)(C)C. The van der Waals surface area contributed by atoms with Crippen molar-refractivity contribution < 1.29 is 57.2 Å². The predicted molar refractivity (Wildman–Crippen MR) is 469 cm³/mol. The minimum Gasteiger partial charge on any atom is -0.444 e. The van der Waals surface area contributed by atoms with Crippen LogP contribution in [0.4, 0.5) is 19.2 Å². The Morgan fingerprint density at radius 2 is 0.846 bits per heavy atom. The number of urea groups is 2. The molecular weight excluding hydrogens is 1550 g/mol. The van der Waals surface area contributed by atoms with Gasteiger partial charge in [0.25, 0.3) is 0 Å². The standard InChI is InChI=1S/C32H51ClN4O5.C27H43ClN4O3.C16H23ClN2O2.C15H30N2O2/c1-6-34-28(38)22-41-29(24-14-10-16-26(33)19-24)25-15-11-17-37(20-25)30(39)35-27(18-23-12-8-7-9-13-23)21-36(5)31(40)42-32(2,3)4;1-3-30-25(33)19-35-26(21-11-7-13-23(28)16-21)22-12-8-14-32(18-22)27(34)31-24(17-29-2)15-20-9-5-4-6-10-20;1-2-19-15(20)11-21-16(13-6-4-8-18-10-13)12-5-3-7-14(17)9-12;1-15(2,3)19-14(18)17(4)11-13(16)10-12-8-6-5-7-9-12/h10,14,16,19,23,25,27,29H,6-9,11-13,15,17-18,20-22H2,1-5H3,(H,34,38)(H,35,39);7,11,13,16,20,22,24,26,29H,3-6,8-10,12,14-15,17-19H2,1-2H3,(H,30,33)(H,31,34);3,5,7,9,13,16,18H,2,4,6,8,10-11H2,1H3,(H,19,20);12-13H,5-11,16H2,1-4H3/t25-,27+,29?;22-,24+,26+;13-,16?;13-/m1110/s1. The summed E-state index contributed by atoms with van der Waals surface area (Å²) in [4.78, 5) is 94.5. The summed E-state index contributed by atoms with van der Waals surface area (Å²) in [5.74, 6) is 2.04. The summed E-state index contributed by atoms with van der Waals surface area (Å²) < 4.78 is 29.1. The lowest BCUT2D eigenvalue weighted by Crippen LogP contribution is -2.53. The molecule has 0 radical (unpaired) electrons. The van der Waals surface area contributed by atoms with Gasteiger partial charge in [0, 0.05) is 137 Å². The maximum absolute atomic E-state index is 13.7. The van der Waals surface area contributed by atoms with Gasteiger partial charge in [-0.15, -0.1) is 0 Å². The summed E-state index contributed by atoms with van der Waals surface area (Å²) in [7, 11) is 5.43. The second-order valence-corrected chi connectivity index (χ2v) is 36.4. The van der Waals surface area contributed by atoms with Crippen LogP contribution in [0.1, 0.15) is 251 Å². The van der Waals surface area contributed by atoms with Crippen LogP contribution in [0.15, 0.2) is 72.8 Å². The van der Waals surface area contributed by atoms with E-state index in [0.717, 1.165) is 119 Å².